The largest absolute Gasteiger partial charge is 0.311 e. The van der Waals surface area contributed by atoms with Gasteiger partial charge >= 0.3 is 0 Å². The lowest BCUT2D eigenvalue weighted by Gasteiger charge is -2.15. The average molecular weight is 463 g/mol. The molecule has 0 saturated heterocycles. The molecule has 0 spiro atoms. The van der Waals surface area contributed by atoms with Crippen molar-refractivity contribution in [1.29, 1.82) is 5.26 Å². The van der Waals surface area contributed by atoms with Crippen LogP contribution in [-0.2, 0) is 0 Å². The van der Waals surface area contributed by atoms with E-state index in [1.807, 2.05) is 4.90 Å². The molecule has 0 aromatic carbocycles. The molecule has 0 unspecified atom stereocenters. The van der Waals surface area contributed by atoms with E-state index in [9.17, 15) is 5.26 Å². The molecule has 0 atom stereocenters. The van der Waals surface area contributed by atoms with Crippen LogP contribution in [0.2, 0.25) is 0 Å². The first-order chi connectivity index (χ1) is 16.3. The summed E-state index contributed by atoms with van der Waals surface area (Å²) in [5, 5.41) is 9.38. The van der Waals surface area contributed by atoms with Crippen molar-refractivity contribution in [2.24, 2.45) is 0 Å². The maximum absolute atomic E-state index is 9.38. The number of hydrogen-bond donors (Lipinski definition) is 0. The molecule has 0 heterocycles. The summed E-state index contributed by atoms with van der Waals surface area (Å²) in [7, 11) is 0. The summed E-state index contributed by atoms with van der Waals surface area (Å²) >= 11 is 0. The van der Waals surface area contributed by atoms with Gasteiger partial charge in [0.2, 0.25) is 0 Å². The minimum atomic E-state index is 0.979. The topological polar surface area (TPSA) is 27.0 Å². The van der Waals surface area contributed by atoms with Gasteiger partial charge in [0.25, 0.3) is 0 Å². The lowest BCUT2D eigenvalue weighted by molar-refractivity contribution is 0.362. The van der Waals surface area contributed by atoms with Gasteiger partial charge in [0.1, 0.15) is 0 Å². The molecule has 0 aliphatic rings. The molecule has 2 heteroatoms. The van der Waals surface area contributed by atoms with E-state index in [0.717, 1.165) is 13.1 Å². The van der Waals surface area contributed by atoms with E-state index in [4.69, 9.17) is 0 Å². The van der Waals surface area contributed by atoms with E-state index in [1.54, 1.807) is 0 Å². The van der Waals surface area contributed by atoms with Crippen LogP contribution in [0.25, 0.3) is 0 Å². The zero-order chi connectivity index (χ0) is 24.1. The summed E-state index contributed by atoms with van der Waals surface area (Å²) < 4.78 is 0. The number of hydrogen-bond acceptors (Lipinski definition) is 2. The highest BCUT2D eigenvalue weighted by atomic mass is 15.1. The smallest absolute Gasteiger partial charge is 0.179 e. The fraction of sp³-hybridized carbons (Fsp3) is 0.968. The molecule has 2 nitrogen and oxygen atoms in total. The molecular weight excluding hydrogens is 400 g/mol. The van der Waals surface area contributed by atoms with Gasteiger partial charge in [-0.15, -0.1) is 0 Å². The molecular formula is C31H62N2. The molecule has 0 amide bonds. The van der Waals surface area contributed by atoms with Gasteiger partial charge in [-0.3, -0.25) is 0 Å². The second kappa shape index (κ2) is 29.3. The highest BCUT2D eigenvalue weighted by Crippen LogP contribution is 2.14. The maximum Gasteiger partial charge on any atom is 0.179 e. The van der Waals surface area contributed by atoms with Crippen LogP contribution in [0.5, 0.6) is 0 Å². The number of nitrogens with zero attached hydrogens (tertiary/aromatic N) is 2. The molecule has 0 saturated carbocycles. The van der Waals surface area contributed by atoms with E-state index >= 15 is 0 Å². The predicted molar refractivity (Wildman–Crippen MR) is 149 cm³/mol. The summed E-state index contributed by atoms with van der Waals surface area (Å²) in [6, 6.07) is 0. The van der Waals surface area contributed by atoms with Crippen molar-refractivity contribution in [3.8, 4) is 6.19 Å². The molecule has 33 heavy (non-hydrogen) atoms. The Bertz CT molecular complexity index is 357. The number of nitriles is 1. The minimum absolute atomic E-state index is 0.979. The summed E-state index contributed by atoms with van der Waals surface area (Å²) in [6.45, 7) is 6.54. The Labute approximate surface area is 210 Å². The van der Waals surface area contributed by atoms with Gasteiger partial charge in [-0.05, 0) is 12.8 Å². The van der Waals surface area contributed by atoms with E-state index in [1.165, 1.54) is 167 Å². The first-order valence-corrected chi connectivity index (χ1v) is 15.5. The zero-order valence-corrected chi connectivity index (χ0v) is 23.2. The first-order valence-electron chi connectivity index (χ1n) is 15.5. The van der Waals surface area contributed by atoms with E-state index in [-0.39, 0.29) is 0 Å². The standard InChI is InChI=1S/C31H62N2/c1-3-5-7-9-11-13-15-17-19-21-23-25-27-29-33(31-32)30-28-26-24-22-20-18-16-14-12-10-8-6-4-2/h3-30H2,1-2H3. The van der Waals surface area contributed by atoms with Crippen LogP contribution in [-0.4, -0.2) is 18.0 Å². The third kappa shape index (κ3) is 27.4. The minimum Gasteiger partial charge on any atom is -0.311 e. The van der Waals surface area contributed by atoms with Crippen LogP contribution in [0.4, 0.5) is 0 Å². The van der Waals surface area contributed by atoms with Crippen LogP contribution in [0, 0.1) is 11.5 Å². The normalized spacial score (nSPS) is 11.1. The van der Waals surface area contributed by atoms with Crippen molar-refractivity contribution in [3.05, 3.63) is 0 Å². The lowest BCUT2D eigenvalue weighted by atomic mass is 10.0. The van der Waals surface area contributed by atoms with E-state index in [2.05, 4.69) is 20.0 Å². The fourth-order valence-electron chi connectivity index (χ4n) is 4.85. The lowest BCUT2D eigenvalue weighted by Crippen LogP contribution is -2.20. The Morgan fingerprint density at radius 1 is 0.364 bits per heavy atom. The highest BCUT2D eigenvalue weighted by molar-refractivity contribution is 4.73. The van der Waals surface area contributed by atoms with Crippen molar-refractivity contribution >= 4 is 0 Å². The Morgan fingerprint density at radius 2 is 0.576 bits per heavy atom. The Kier molecular flexibility index (Phi) is 28.7. The van der Waals surface area contributed by atoms with Gasteiger partial charge in [0.05, 0.1) is 0 Å². The monoisotopic (exact) mass is 462 g/mol. The maximum atomic E-state index is 9.38. The second-order valence-electron chi connectivity index (χ2n) is 10.6. The van der Waals surface area contributed by atoms with Gasteiger partial charge in [0.15, 0.2) is 6.19 Å². The van der Waals surface area contributed by atoms with Crippen LogP contribution >= 0.6 is 0 Å². The number of unbranched alkanes of at least 4 members (excludes halogenated alkanes) is 24. The van der Waals surface area contributed by atoms with Crippen molar-refractivity contribution in [2.75, 3.05) is 13.1 Å². The predicted octanol–water partition coefficient (Wildman–Crippen LogP) is 11.0. The van der Waals surface area contributed by atoms with Gasteiger partial charge in [0, 0.05) is 13.1 Å². The molecule has 0 radical (unpaired) electrons. The summed E-state index contributed by atoms with van der Waals surface area (Å²) in [4.78, 5) is 2.01. The van der Waals surface area contributed by atoms with Crippen molar-refractivity contribution < 1.29 is 0 Å². The zero-order valence-electron chi connectivity index (χ0n) is 23.2. The molecule has 0 aliphatic carbocycles. The summed E-state index contributed by atoms with van der Waals surface area (Å²) in [5.41, 5.74) is 0. The molecule has 0 aromatic heterocycles. The Balaban J connectivity index is 3.27. The number of rotatable bonds is 28. The van der Waals surface area contributed by atoms with Gasteiger partial charge in [-0.2, -0.15) is 5.26 Å². The van der Waals surface area contributed by atoms with Gasteiger partial charge in [-0.25, -0.2) is 0 Å². The van der Waals surface area contributed by atoms with E-state index in [0.29, 0.717) is 0 Å². The highest BCUT2D eigenvalue weighted by Gasteiger charge is 2.02. The molecule has 196 valence electrons. The Morgan fingerprint density at radius 3 is 0.788 bits per heavy atom. The Hall–Kier alpha value is -0.710. The first kappa shape index (κ1) is 32.3. The summed E-state index contributed by atoms with van der Waals surface area (Å²) in [5.74, 6) is 0. The molecule has 0 aromatic rings. The third-order valence-corrected chi connectivity index (χ3v) is 7.20. The van der Waals surface area contributed by atoms with Crippen molar-refractivity contribution in [2.45, 2.75) is 181 Å². The van der Waals surface area contributed by atoms with Crippen LogP contribution < -0.4 is 0 Å². The molecule has 0 aliphatic heterocycles. The van der Waals surface area contributed by atoms with Gasteiger partial charge < -0.3 is 4.90 Å². The van der Waals surface area contributed by atoms with E-state index < -0.39 is 0 Å². The van der Waals surface area contributed by atoms with Crippen LogP contribution in [0.3, 0.4) is 0 Å². The van der Waals surface area contributed by atoms with Crippen LogP contribution in [0.1, 0.15) is 181 Å². The quantitative estimate of drug-likeness (QED) is 0.0656. The molecule has 0 bridgehead atoms. The molecule has 0 fully saturated rings. The van der Waals surface area contributed by atoms with Crippen molar-refractivity contribution in [3.63, 3.8) is 0 Å². The third-order valence-electron chi connectivity index (χ3n) is 7.20. The average Bonchev–Trinajstić information content (AvgIpc) is 2.83. The van der Waals surface area contributed by atoms with Crippen LogP contribution in [0.15, 0.2) is 0 Å². The SMILES string of the molecule is CCCCCCCCCCCCCCCN(C#N)CCCCCCCCCCCCCCC. The van der Waals surface area contributed by atoms with Crippen molar-refractivity contribution in [1.82, 2.24) is 4.90 Å². The van der Waals surface area contributed by atoms with Gasteiger partial charge in [-0.1, -0.05) is 168 Å². The fourth-order valence-corrected chi connectivity index (χ4v) is 4.85. The molecule has 0 N–H and O–H groups in total. The summed E-state index contributed by atoms with van der Waals surface area (Å²) in [6.07, 6.45) is 38.6. The molecule has 0 rings (SSSR count). The second-order valence-corrected chi connectivity index (χ2v) is 10.6.